The molecule has 0 spiro atoms. The number of anilines is 1. The first-order valence-electron chi connectivity index (χ1n) is 6.39. The molecule has 2 aromatic rings. The summed E-state index contributed by atoms with van der Waals surface area (Å²) in [6, 6.07) is 12.4. The molecule has 0 saturated heterocycles. The van der Waals surface area contributed by atoms with Gasteiger partial charge in [0.15, 0.2) is 0 Å². The molecule has 1 aliphatic heterocycles. The summed E-state index contributed by atoms with van der Waals surface area (Å²) in [7, 11) is 1.59. The van der Waals surface area contributed by atoms with Crippen molar-refractivity contribution in [3.05, 3.63) is 58.6 Å². The van der Waals surface area contributed by atoms with Crippen LogP contribution in [0.15, 0.2) is 42.5 Å². The zero-order valence-corrected chi connectivity index (χ0v) is 12.1. The number of hydrogen-bond acceptors (Lipinski definition) is 3. The summed E-state index contributed by atoms with van der Waals surface area (Å²) in [6.45, 7) is 0.321. The molecule has 21 heavy (non-hydrogen) atoms. The minimum Gasteiger partial charge on any atom is -0.497 e. The third kappa shape index (κ3) is 2.28. The Labute approximate surface area is 126 Å². The summed E-state index contributed by atoms with van der Waals surface area (Å²) in [4.78, 5) is 25.6. The Morgan fingerprint density at radius 2 is 1.81 bits per heavy atom. The lowest BCUT2D eigenvalue weighted by molar-refractivity contribution is -0.114. The first-order valence-corrected chi connectivity index (χ1v) is 6.77. The van der Waals surface area contributed by atoms with E-state index in [9.17, 15) is 9.59 Å². The van der Waals surface area contributed by atoms with Crippen molar-refractivity contribution in [3.63, 3.8) is 0 Å². The van der Waals surface area contributed by atoms with Crippen molar-refractivity contribution in [1.82, 2.24) is 0 Å². The van der Waals surface area contributed by atoms with Crippen molar-refractivity contribution in [2.24, 2.45) is 0 Å². The van der Waals surface area contributed by atoms with Crippen LogP contribution in [0.5, 0.6) is 5.75 Å². The topological polar surface area (TPSA) is 46.6 Å². The van der Waals surface area contributed by atoms with Crippen molar-refractivity contribution in [3.8, 4) is 5.75 Å². The van der Waals surface area contributed by atoms with Gasteiger partial charge in [-0.15, -0.1) is 0 Å². The van der Waals surface area contributed by atoms with E-state index >= 15 is 0 Å². The molecule has 0 aliphatic carbocycles. The maximum atomic E-state index is 12.1. The van der Waals surface area contributed by atoms with E-state index in [2.05, 4.69) is 0 Å². The number of fused-ring (bicyclic) bond motifs is 1. The van der Waals surface area contributed by atoms with Crippen LogP contribution >= 0.6 is 11.6 Å². The van der Waals surface area contributed by atoms with Crippen LogP contribution in [0, 0.1) is 0 Å². The molecule has 4 nitrogen and oxygen atoms in total. The number of benzene rings is 2. The van der Waals surface area contributed by atoms with Gasteiger partial charge in [0.25, 0.3) is 11.7 Å². The van der Waals surface area contributed by atoms with Crippen LogP contribution in [0.3, 0.4) is 0 Å². The van der Waals surface area contributed by atoms with Gasteiger partial charge >= 0.3 is 0 Å². The van der Waals surface area contributed by atoms with Crippen molar-refractivity contribution >= 4 is 29.0 Å². The van der Waals surface area contributed by atoms with Crippen molar-refractivity contribution in [1.29, 1.82) is 0 Å². The largest absolute Gasteiger partial charge is 0.497 e. The lowest BCUT2D eigenvalue weighted by Gasteiger charge is -2.16. The molecule has 106 valence electrons. The van der Waals surface area contributed by atoms with Gasteiger partial charge in [-0.3, -0.25) is 9.59 Å². The van der Waals surface area contributed by atoms with Gasteiger partial charge < -0.3 is 9.64 Å². The van der Waals surface area contributed by atoms with Crippen LogP contribution in [0.4, 0.5) is 5.69 Å². The van der Waals surface area contributed by atoms with E-state index in [1.807, 2.05) is 24.3 Å². The van der Waals surface area contributed by atoms with Gasteiger partial charge in [-0.2, -0.15) is 0 Å². The second-order valence-corrected chi connectivity index (χ2v) is 5.11. The Hall–Kier alpha value is -2.33. The van der Waals surface area contributed by atoms with E-state index in [-0.39, 0.29) is 5.56 Å². The number of carbonyl (C=O) groups excluding carboxylic acids is 2. The highest BCUT2D eigenvalue weighted by Crippen LogP contribution is 2.35. The molecule has 0 aromatic heterocycles. The first-order chi connectivity index (χ1) is 10.1. The van der Waals surface area contributed by atoms with Gasteiger partial charge in [-0.25, -0.2) is 0 Å². The standard InChI is InChI=1S/C16H12ClNO3/c1-21-11-7-5-10(6-8-11)9-18-13-4-2-3-12(17)14(13)15(19)16(18)20/h2-8H,9H2,1H3. The smallest absolute Gasteiger partial charge is 0.299 e. The second kappa shape index (κ2) is 5.22. The fraction of sp³-hybridized carbons (Fsp3) is 0.125. The molecular weight excluding hydrogens is 290 g/mol. The molecule has 1 heterocycles. The van der Waals surface area contributed by atoms with Crippen LogP contribution in [-0.2, 0) is 11.3 Å². The minimum atomic E-state index is -0.552. The molecule has 0 atom stereocenters. The number of amides is 1. The number of carbonyl (C=O) groups is 2. The fourth-order valence-electron chi connectivity index (χ4n) is 2.37. The monoisotopic (exact) mass is 301 g/mol. The highest BCUT2D eigenvalue weighted by molar-refractivity contribution is 6.55. The number of hydrogen-bond donors (Lipinski definition) is 0. The van der Waals surface area contributed by atoms with Crippen LogP contribution in [0.2, 0.25) is 5.02 Å². The second-order valence-electron chi connectivity index (χ2n) is 4.70. The zero-order chi connectivity index (χ0) is 15.0. The third-order valence-corrected chi connectivity index (χ3v) is 3.76. The van der Waals surface area contributed by atoms with Crippen LogP contribution < -0.4 is 9.64 Å². The lowest BCUT2D eigenvalue weighted by Crippen LogP contribution is -2.29. The summed E-state index contributed by atoms with van der Waals surface area (Å²) in [5, 5.41) is 0.308. The number of nitrogens with zero attached hydrogens (tertiary/aromatic N) is 1. The molecule has 3 rings (SSSR count). The number of rotatable bonds is 3. The average molecular weight is 302 g/mol. The number of halogens is 1. The molecule has 0 N–H and O–H groups in total. The summed E-state index contributed by atoms with van der Waals surface area (Å²) in [5.41, 5.74) is 1.76. The Morgan fingerprint density at radius 1 is 1.10 bits per heavy atom. The molecule has 0 unspecified atom stereocenters. The van der Waals surface area contributed by atoms with Gasteiger partial charge in [0.05, 0.1) is 29.9 Å². The van der Waals surface area contributed by atoms with Crippen LogP contribution in [0.25, 0.3) is 0 Å². The van der Waals surface area contributed by atoms with E-state index in [1.54, 1.807) is 25.3 Å². The van der Waals surface area contributed by atoms with Crippen LogP contribution in [0.1, 0.15) is 15.9 Å². The SMILES string of the molecule is COc1ccc(CN2C(=O)C(=O)c3c(Cl)cccc32)cc1. The summed E-state index contributed by atoms with van der Waals surface area (Å²) in [6.07, 6.45) is 0. The Morgan fingerprint density at radius 3 is 2.48 bits per heavy atom. The van der Waals surface area contributed by atoms with Gasteiger partial charge in [0, 0.05) is 0 Å². The maximum Gasteiger partial charge on any atom is 0.299 e. The molecule has 0 radical (unpaired) electrons. The van der Waals surface area contributed by atoms with Gasteiger partial charge in [0.2, 0.25) is 0 Å². The summed E-state index contributed by atoms with van der Waals surface area (Å²) >= 11 is 6.02. The van der Waals surface area contributed by atoms with Crippen molar-refractivity contribution in [2.45, 2.75) is 6.54 Å². The highest BCUT2D eigenvalue weighted by Gasteiger charge is 2.37. The van der Waals surface area contributed by atoms with Gasteiger partial charge in [0.1, 0.15) is 5.75 Å². The molecule has 5 heteroatoms. The lowest BCUT2D eigenvalue weighted by atomic mass is 10.1. The molecule has 0 saturated carbocycles. The summed E-state index contributed by atoms with van der Waals surface area (Å²) in [5.74, 6) is -0.357. The quantitative estimate of drug-likeness (QED) is 0.819. The number of ether oxygens (including phenoxy) is 1. The molecule has 2 aromatic carbocycles. The molecule has 1 amide bonds. The third-order valence-electron chi connectivity index (χ3n) is 3.45. The molecule has 1 aliphatic rings. The predicted molar refractivity (Wildman–Crippen MR) is 80.0 cm³/mol. The predicted octanol–water partition coefficient (Wildman–Crippen LogP) is 3.08. The Kier molecular flexibility index (Phi) is 3.39. The van der Waals surface area contributed by atoms with E-state index < -0.39 is 11.7 Å². The minimum absolute atomic E-state index is 0.290. The molecule has 0 bridgehead atoms. The van der Waals surface area contributed by atoms with Crippen molar-refractivity contribution < 1.29 is 14.3 Å². The normalized spacial score (nSPS) is 13.5. The molecule has 0 fully saturated rings. The van der Waals surface area contributed by atoms with Crippen LogP contribution in [-0.4, -0.2) is 18.8 Å². The zero-order valence-electron chi connectivity index (χ0n) is 11.3. The Balaban J connectivity index is 1.94. The number of methoxy groups -OCH3 is 1. The first kappa shape index (κ1) is 13.6. The van der Waals surface area contributed by atoms with Gasteiger partial charge in [-0.05, 0) is 29.8 Å². The average Bonchev–Trinajstić information content (AvgIpc) is 2.74. The number of ketones is 1. The van der Waals surface area contributed by atoms with Crippen molar-refractivity contribution in [2.75, 3.05) is 12.0 Å². The van der Waals surface area contributed by atoms with E-state index in [0.717, 1.165) is 11.3 Å². The van der Waals surface area contributed by atoms with E-state index in [1.165, 1.54) is 4.90 Å². The van der Waals surface area contributed by atoms with Gasteiger partial charge in [-0.1, -0.05) is 29.8 Å². The molecular formula is C16H12ClNO3. The highest BCUT2D eigenvalue weighted by atomic mass is 35.5. The van der Waals surface area contributed by atoms with E-state index in [0.29, 0.717) is 17.3 Å². The summed E-state index contributed by atoms with van der Waals surface area (Å²) < 4.78 is 5.10. The fourth-order valence-corrected chi connectivity index (χ4v) is 2.63. The van der Waals surface area contributed by atoms with E-state index in [4.69, 9.17) is 16.3 Å². The number of Topliss-reactive ketones (excluding diaryl/α,β-unsaturated/α-hetero) is 1. The Bertz CT molecular complexity index is 725. The maximum absolute atomic E-state index is 12.1.